The highest BCUT2D eigenvalue weighted by Crippen LogP contribution is 2.18. The molecule has 0 bridgehead atoms. The third kappa shape index (κ3) is 4.46. The molecule has 1 amide bonds. The number of benzene rings is 1. The molecule has 21 heavy (non-hydrogen) atoms. The molecule has 1 N–H and O–H groups in total. The van der Waals surface area contributed by atoms with Crippen LogP contribution in [-0.4, -0.2) is 22.5 Å². The third-order valence-electron chi connectivity index (χ3n) is 3.23. The Balaban J connectivity index is 1.95. The van der Waals surface area contributed by atoms with Crippen LogP contribution in [0.5, 0.6) is 5.75 Å². The maximum absolute atomic E-state index is 12.3. The van der Waals surface area contributed by atoms with Crippen molar-refractivity contribution in [3.8, 4) is 5.75 Å². The second-order valence-corrected chi connectivity index (χ2v) is 5.80. The standard InChI is InChI=1S/C17H19NO2S/c1-2-11-18(13-15-7-5-12-21-15)17(20)10-9-14-6-3-4-8-16(14)19/h2-8,12,19H,1,9-11,13H2. The van der Waals surface area contributed by atoms with E-state index in [2.05, 4.69) is 6.58 Å². The van der Waals surface area contributed by atoms with Gasteiger partial charge in [-0.3, -0.25) is 4.79 Å². The number of carbonyl (C=O) groups is 1. The van der Waals surface area contributed by atoms with Gasteiger partial charge in [0, 0.05) is 17.8 Å². The Morgan fingerprint density at radius 1 is 1.29 bits per heavy atom. The van der Waals surface area contributed by atoms with Crippen LogP contribution in [0.25, 0.3) is 0 Å². The van der Waals surface area contributed by atoms with E-state index in [0.717, 1.165) is 10.4 Å². The van der Waals surface area contributed by atoms with Crippen molar-refractivity contribution in [2.24, 2.45) is 0 Å². The number of phenols is 1. The summed E-state index contributed by atoms with van der Waals surface area (Å²) in [5.74, 6) is 0.324. The molecule has 0 atom stereocenters. The van der Waals surface area contributed by atoms with Crippen LogP contribution < -0.4 is 0 Å². The van der Waals surface area contributed by atoms with Gasteiger partial charge in [0.1, 0.15) is 5.75 Å². The number of thiophene rings is 1. The molecule has 0 saturated heterocycles. The van der Waals surface area contributed by atoms with Crippen molar-refractivity contribution >= 4 is 17.2 Å². The van der Waals surface area contributed by atoms with Gasteiger partial charge >= 0.3 is 0 Å². The summed E-state index contributed by atoms with van der Waals surface area (Å²) in [4.78, 5) is 15.3. The van der Waals surface area contributed by atoms with Crippen molar-refractivity contribution in [3.05, 3.63) is 64.9 Å². The van der Waals surface area contributed by atoms with Gasteiger partial charge in [-0.2, -0.15) is 0 Å². The van der Waals surface area contributed by atoms with Crippen molar-refractivity contribution < 1.29 is 9.90 Å². The molecule has 3 nitrogen and oxygen atoms in total. The Kier molecular flexibility index (Phi) is 5.58. The molecule has 2 aromatic rings. The molecule has 0 spiro atoms. The number of rotatable bonds is 7. The van der Waals surface area contributed by atoms with Crippen molar-refractivity contribution in [1.82, 2.24) is 4.90 Å². The minimum Gasteiger partial charge on any atom is -0.508 e. The number of para-hydroxylation sites is 1. The van der Waals surface area contributed by atoms with Crippen LogP contribution in [0.15, 0.2) is 54.4 Å². The number of aryl methyl sites for hydroxylation is 1. The zero-order chi connectivity index (χ0) is 15.1. The SMILES string of the molecule is C=CCN(Cc1cccs1)C(=O)CCc1ccccc1O. The van der Waals surface area contributed by atoms with Gasteiger partial charge in [0.05, 0.1) is 6.54 Å². The Hall–Kier alpha value is -2.07. The van der Waals surface area contributed by atoms with E-state index in [0.29, 0.717) is 25.9 Å². The van der Waals surface area contributed by atoms with E-state index in [9.17, 15) is 9.90 Å². The summed E-state index contributed by atoms with van der Waals surface area (Å²) in [6.07, 6.45) is 2.67. The summed E-state index contributed by atoms with van der Waals surface area (Å²) >= 11 is 1.64. The fourth-order valence-corrected chi connectivity index (χ4v) is 2.84. The smallest absolute Gasteiger partial charge is 0.223 e. The molecular weight excluding hydrogens is 282 g/mol. The molecule has 0 fully saturated rings. The van der Waals surface area contributed by atoms with Gasteiger partial charge in [0.25, 0.3) is 0 Å². The van der Waals surface area contributed by atoms with E-state index in [1.807, 2.05) is 29.6 Å². The zero-order valence-corrected chi connectivity index (χ0v) is 12.7. The molecular formula is C17H19NO2S. The molecule has 1 heterocycles. The van der Waals surface area contributed by atoms with Crippen molar-refractivity contribution in [2.45, 2.75) is 19.4 Å². The molecule has 0 aliphatic heterocycles. The van der Waals surface area contributed by atoms with Gasteiger partial charge in [0.15, 0.2) is 0 Å². The lowest BCUT2D eigenvalue weighted by molar-refractivity contribution is -0.131. The molecule has 0 radical (unpaired) electrons. The van der Waals surface area contributed by atoms with E-state index in [1.54, 1.807) is 34.4 Å². The van der Waals surface area contributed by atoms with Gasteiger partial charge in [-0.1, -0.05) is 30.3 Å². The maximum Gasteiger partial charge on any atom is 0.223 e. The number of hydrogen-bond donors (Lipinski definition) is 1. The van der Waals surface area contributed by atoms with Crippen molar-refractivity contribution in [3.63, 3.8) is 0 Å². The summed E-state index contributed by atoms with van der Waals surface area (Å²) in [6, 6.07) is 11.1. The van der Waals surface area contributed by atoms with E-state index >= 15 is 0 Å². The number of hydrogen-bond acceptors (Lipinski definition) is 3. The number of aromatic hydroxyl groups is 1. The van der Waals surface area contributed by atoms with E-state index in [4.69, 9.17) is 0 Å². The quantitative estimate of drug-likeness (QED) is 0.794. The third-order valence-corrected chi connectivity index (χ3v) is 4.09. The monoisotopic (exact) mass is 301 g/mol. The van der Waals surface area contributed by atoms with Crippen molar-refractivity contribution in [1.29, 1.82) is 0 Å². The fraction of sp³-hybridized carbons (Fsp3) is 0.235. The Morgan fingerprint density at radius 2 is 2.10 bits per heavy atom. The molecule has 110 valence electrons. The van der Waals surface area contributed by atoms with Crippen LogP contribution >= 0.6 is 11.3 Å². The lowest BCUT2D eigenvalue weighted by Crippen LogP contribution is -2.30. The first-order chi connectivity index (χ1) is 10.2. The number of nitrogens with zero attached hydrogens (tertiary/aromatic N) is 1. The largest absolute Gasteiger partial charge is 0.508 e. The molecule has 0 unspecified atom stereocenters. The second kappa shape index (κ2) is 7.64. The molecule has 1 aromatic heterocycles. The van der Waals surface area contributed by atoms with E-state index in [1.165, 1.54) is 0 Å². The van der Waals surface area contributed by atoms with Gasteiger partial charge in [-0.05, 0) is 29.5 Å². The van der Waals surface area contributed by atoms with Crippen LogP contribution in [0.3, 0.4) is 0 Å². The van der Waals surface area contributed by atoms with Crippen LogP contribution in [-0.2, 0) is 17.8 Å². The summed E-state index contributed by atoms with van der Waals surface area (Å²) in [6.45, 7) is 4.87. The predicted molar refractivity (Wildman–Crippen MR) is 86.4 cm³/mol. The summed E-state index contributed by atoms with van der Waals surface area (Å²) in [5.41, 5.74) is 0.806. The van der Waals surface area contributed by atoms with E-state index in [-0.39, 0.29) is 11.7 Å². The number of phenolic OH excluding ortho intramolecular Hbond substituents is 1. The summed E-state index contributed by atoms with van der Waals surface area (Å²) in [5, 5.41) is 11.7. The highest BCUT2D eigenvalue weighted by molar-refractivity contribution is 7.09. The molecule has 4 heteroatoms. The second-order valence-electron chi connectivity index (χ2n) is 4.77. The molecule has 2 rings (SSSR count). The molecule has 0 aliphatic carbocycles. The van der Waals surface area contributed by atoms with Gasteiger partial charge in [0.2, 0.25) is 5.91 Å². The van der Waals surface area contributed by atoms with Crippen LogP contribution in [0.2, 0.25) is 0 Å². The summed E-state index contributed by atoms with van der Waals surface area (Å²) in [7, 11) is 0. The number of carbonyl (C=O) groups excluding carboxylic acids is 1. The van der Waals surface area contributed by atoms with Crippen LogP contribution in [0.1, 0.15) is 16.9 Å². The number of amides is 1. The van der Waals surface area contributed by atoms with Gasteiger partial charge < -0.3 is 10.0 Å². The lowest BCUT2D eigenvalue weighted by atomic mass is 10.1. The molecule has 0 aliphatic rings. The first-order valence-corrected chi connectivity index (χ1v) is 7.76. The fourth-order valence-electron chi connectivity index (χ4n) is 2.12. The lowest BCUT2D eigenvalue weighted by Gasteiger charge is -2.20. The maximum atomic E-state index is 12.3. The Morgan fingerprint density at radius 3 is 2.76 bits per heavy atom. The molecule has 1 aromatic carbocycles. The first-order valence-electron chi connectivity index (χ1n) is 6.88. The summed E-state index contributed by atoms with van der Waals surface area (Å²) < 4.78 is 0. The van der Waals surface area contributed by atoms with Crippen molar-refractivity contribution in [2.75, 3.05) is 6.54 Å². The van der Waals surface area contributed by atoms with E-state index < -0.39 is 0 Å². The highest BCUT2D eigenvalue weighted by Gasteiger charge is 2.14. The van der Waals surface area contributed by atoms with Crippen LogP contribution in [0, 0.1) is 0 Å². The minimum absolute atomic E-state index is 0.0755. The highest BCUT2D eigenvalue weighted by atomic mass is 32.1. The topological polar surface area (TPSA) is 40.5 Å². The Bertz CT molecular complexity index is 593. The average Bonchev–Trinajstić information content (AvgIpc) is 2.99. The average molecular weight is 301 g/mol. The van der Waals surface area contributed by atoms with Crippen LogP contribution in [0.4, 0.5) is 0 Å². The van der Waals surface area contributed by atoms with Gasteiger partial charge in [-0.25, -0.2) is 0 Å². The zero-order valence-electron chi connectivity index (χ0n) is 11.9. The normalized spacial score (nSPS) is 10.3. The first kappa shape index (κ1) is 15.3. The Labute approximate surface area is 129 Å². The minimum atomic E-state index is 0.0755. The van der Waals surface area contributed by atoms with Gasteiger partial charge in [-0.15, -0.1) is 17.9 Å². The predicted octanol–water partition coefficient (Wildman–Crippen LogP) is 3.60. The molecule has 0 saturated carbocycles.